The molecule has 1 fully saturated rings. The van der Waals surface area contributed by atoms with Crippen molar-refractivity contribution in [3.8, 4) is 0 Å². The fourth-order valence-electron chi connectivity index (χ4n) is 2.91. The Morgan fingerprint density at radius 1 is 1.19 bits per heavy atom. The smallest absolute Gasteiger partial charge is 0.321 e. The van der Waals surface area contributed by atoms with Gasteiger partial charge in [0.05, 0.1) is 0 Å². The van der Waals surface area contributed by atoms with E-state index in [-0.39, 0.29) is 11.9 Å². The van der Waals surface area contributed by atoms with Crippen LogP contribution in [0.2, 0.25) is 0 Å². The Morgan fingerprint density at radius 2 is 1.86 bits per heavy atom. The lowest BCUT2D eigenvalue weighted by molar-refractivity contribution is 0.0963. The Hall–Kier alpha value is -2.04. The zero-order valence-electron chi connectivity index (χ0n) is 12.8. The first kappa shape index (κ1) is 15.4. The Morgan fingerprint density at radius 3 is 2.48 bits per heavy atom. The number of nitrogens with one attached hydrogen (secondary N) is 2. The van der Waals surface area contributed by atoms with E-state index in [2.05, 4.69) is 24.5 Å². The van der Waals surface area contributed by atoms with Crippen LogP contribution in [0.1, 0.15) is 30.6 Å². The molecule has 21 heavy (non-hydrogen) atoms. The summed E-state index contributed by atoms with van der Waals surface area (Å²) in [6.45, 7) is 5.90. The van der Waals surface area contributed by atoms with Gasteiger partial charge in [0.1, 0.15) is 0 Å². The second-order valence-corrected chi connectivity index (χ2v) is 5.94. The highest BCUT2D eigenvalue weighted by Gasteiger charge is 2.25. The highest BCUT2D eigenvalue weighted by Crippen LogP contribution is 2.22. The van der Waals surface area contributed by atoms with Gasteiger partial charge in [-0.3, -0.25) is 4.79 Å². The summed E-state index contributed by atoms with van der Waals surface area (Å²) in [7, 11) is 1.59. The highest BCUT2D eigenvalue weighted by molar-refractivity contribution is 5.96. The largest absolute Gasteiger partial charge is 0.355 e. The minimum Gasteiger partial charge on any atom is -0.355 e. The van der Waals surface area contributed by atoms with Crippen LogP contribution in [0, 0.1) is 11.8 Å². The number of anilines is 1. The molecular formula is C16H23N3O2. The summed E-state index contributed by atoms with van der Waals surface area (Å²) in [4.78, 5) is 25.8. The Balaban J connectivity index is 2.04. The first-order chi connectivity index (χ1) is 9.99. The van der Waals surface area contributed by atoms with Crippen LogP contribution in [0.15, 0.2) is 24.3 Å². The van der Waals surface area contributed by atoms with Crippen LogP contribution in [-0.4, -0.2) is 37.0 Å². The van der Waals surface area contributed by atoms with Gasteiger partial charge in [0.2, 0.25) is 0 Å². The predicted molar refractivity (Wildman–Crippen MR) is 83.4 cm³/mol. The molecule has 1 heterocycles. The molecule has 3 amide bonds. The molecule has 0 saturated carbocycles. The quantitative estimate of drug-likeness (QED) is 0.879. The monoisotopic (exact) mass is 289 g/mol. The van der Waals surface area contributed by atoms with E-state index in [0.29, 0.717) is 23.1 Å². The molecule has 5 nitrogen and oxygen atoms in total. The second kappa shape index (κ2) is 6.61. The van der Waals surface area contributed by atoms with Crippen LogP contribution < -0.4 is 10.6 Å². The first-order valence-corrected chi connectivity index (χ1v) is 7.37. The molecule has 2 N–H and O–H groups in total. The van der Waals surface area contributed by atoms with E-state index in [1.54, 1.807) is 31.3 Å². The number of nitrogens with zero attached hydrogens (tertiary/aromatic N) is 1. The van der Waals surface area contributed by atoms with Gasteiger partial charge >= 0.3 is 6.03 Å². The van der Waals surface area contributed by atoms with Crippen LogP contribution in [0.5, 0.6) is 0 Å². The van der Waals surface area contributed by atoms with Gasteiger partial charge in [0.15, 0.2) is 0 Å². The zero-order valence-corrected chi connectivity index (χ0v) is 12.8. The number of benzene rings is 1. The topological polar surface area (TPSA) is 61.4 Å². The van der Waals surface area contributed by atoms with Crippen molar-refractivity contribution in [2.75, 3.05) is 25.5 Å². The molecule has 2 atom stereocenters. The van der Waals surface area contributed by atoms with E-state index in [1.165, 1.54) is 0 Å². The van der Waals surface area contributed by atoms with Gasteiger partial charge < -0.3 is 15.5 Å². The molecule has 1 saturated heterocycles. The lowest BCUT2D eigenvalue weighted by Gasteiger charge is -2.34. The van der Waals surface area contributed by atoms with Gasteiger partial charge in [-0.15, -0.1) is 0 Å². The van der Waals surface area contributed by atoms with Gasteiger partial charge in [-0.25, -0.2) is 4.79 Å². The molecule has 0 radical (unpaired) electrons. The van der Waals surface area contributed by atoms with Crippen molar-refractivity contribution in [2.45, 2.75) is 20.3 Å². The number of urea groups is 1. The third-order valence-corrected chi connectivity index (χ3v) is 3.76. The summed E-state index contributed by atoms with van der Waals surface area (Å²) in [5.41, 5.74) is 1.18. The van der Waals surface area contributed by atoms with Crippen LogP contribution >= 0.6 is 0 Å². The zero-order chi connectivity index (χ0) is 15.4. The SMILES string of the molecule is CNC(=O)c1cccc(NC(=O)N2C[C@H](C)C[C@@H](C)C2)c1. The number of rotatable bonds is 2. The third-order valence-electron chi connectivity index (χ3n) is 3.76. The van der Waals surface area contributed by atoms with Crippen LogP contribution in [0.25, 0.3) is 0 Å². The van der Waals surface area contributed by atoms with E-state index < -0.39 is 0 Å². The molecule has 0 unspecified atom stereocenters. The molecule has 114 valence electrons. The Labute approximate surface area is 125 Å². The molecule has 1 aliphatic heterocycles. The predicted octanol–water partition coefficient (Wildman–Crippen LogP) is 2.56. The Kier molecular flexibility index (Phi) is 4.83. The molecule has 0 aliphatic carbocycles. The van der Waals surface area contributed by atoms with E-state index in [4.69, 9.17) is 0 Å². The lowest BCUT2D eigenvalue weighted by atomic mass is 9.92. The van der Waals surface area contributed by atoms with Crippen LogP contribution in [0.4, 0.5) is 10.5 Å². The molecular weight excluding hydrogens is 266 g/mol. The van der Waals surface area contributed by atoms with Gasteiger partial charge in [0, 0.05) is 31.4 Å². The molecule has 2 rings (SSSR count). The van der Waals surface area contributed by atoms with Gasteiger partial charge in [-0.05, 0) is 36.5 Å². The Bertz CT molecular complexity index is 520. The fourth-order valence-corrected chi connectivity index (χ4v) is 2.91. The number of piperidine rings is 1. The van der Waals surface area contributed by atoms with Crippen molar-refractivity contribution in [2.24, 2.45) is 11.8 Å². The van der Waals surface area contributed by atoms with Crippen molar-refractivity contribution >= 4 is 17.6 Å². The molecule has 0 aromatic heterocycles. The van der Waals surface area contributed by atoms with E-state index in [0.717, 1.165) is 19.5 Å². The summed E-state index contributed by atoms with van der Waals surface area (Å²) in [5.74, 6) is 0.889. The summed E-state index contributed by atoms with van der Waals surface area (Å²) in [5, 5.41) is 5.45. The van der Waals surface area contributed by atoms with Crippen molar-refractivity contribution in [3.63, 3.8) is 0 Å². The van der Waals surface area contributed by atoms with Crippen molar-refractivity contribution < 1.29 is 9.59 Å². The van der Waals surface area contributed by atoms with Crippen LogP contribution in [0.3, 0.4) is 0 Å². The molecule has 0 bridgehead atoms. The maximum Gasteiger partial charge on any atom is 0.321 e. The highest BCUT2D eigenvalue weighted by atomic mass is 16.2. The number of carbonyl (C=O) groups is 2. The molecule has 1 aliphatic rings. The van der Waals surface area contributed by atoms with Gasteiger partial charge in [-0.1, -0.05) is 19.9 Å². The lowest BCUT2D eigenvalue weighted by Crippen LogP contribution is -2.44. The fraction of sp³-hybridized carbons (Fsp3) is 0.500. The molecule has 1 aromatic carbocycles. The van der Waals surface area contributed by atoms with E-state index in [1.807, 2.05) is 4.90 Å². The van der Waals surface area contributed by atoms with Crippen LogP contribution in [-0.2, 0) is 0 Å². The average molecular weight is 289 g/mol. The number of hydrogen-bond acceptors (Lipinski definition) is 2. The maximum absolute atomic E-state index is 12.3. The normalized spacial score (nSPS) is 21.8. The van der Waals surface area contributed by atoms with Crippen molar-refractivity contribution in [1.82, 2.24) is 10.2 Å². The van der Waals surface area contributed by atoms with Crippen molar-refractivity contribution in [3.05, 3.63) is 29.8 Å². The second-order valence-electron chi connectivity index (χ2n) is 5.94. The molecule has 1 aromatic rings. The number of amides is 3. The number of hydrogen-bond donors (Lipinski definition) is 2. The number of likely N-dealkylation sites (tertiary alicyclic amines) is 1. The van der Waals surface area contributed by atoms with Gasteiger partial charge in [-0.2, -0.15) is 0 Å². The third kappa shape index (κ3) is 3.97. The summed E-state index contributed by atoms with van der Waals surface area (Å²) in [6, 6.07) is 6.87. The molecule has 5 heteroatoms. The summed E-state index contributed by atoms with van der Waals surface area (Å²) < 4.78 is 0. The van der Waals surface area contributed by atoms with Gasteiger partial charge in [0.25, 0.3) is 5.91 Å². The minimum absolute atomic E-state index is 0.0949. The first-order valence-electron chi connectivity index (χ1n) is 7.37. The van der Waals surface area contributed by atoms with E-state index in [9.17, 15) is 9.59 Å². The van der Waals surface area contributed by atoms with Crippen molar-refractivity contribution in [1.29, 1.82) is 0 Å². The minimum atomic E-state index is -0.161. The number of carbonyl (C=O) groups excluding carboxylic acids is 2. The molecule has 0 spiro atoms. The summed E-state index contributed by atoms with van der Waals surface area (Å²) in [6.07, 6.45) is 1.16. The van der Waals surface area contributed by atoms with E-state index >= 15 is 0 Å². The maximum atomic E-state index is 12.3. The standard InChI is InChI=1S/C16H23N3O2/c1-11-7-12(2)10-19(9-11)16(21)18-14-6-4-5-13(8-14)15(20)17-3/h4-6,8,11-12H,7,9-10H2,1-3H3,(H,17,20)(H,18,21)/t11-,12-/m1/s1. The average Bonchev–Trinajstić information content (AvgIpc) is 2.45. The summed E-state index contributed by atoms with van der Waals surface area (Å²) >= 11 is 0.